The number of thioether (sulfide) groups is 2. The van der Waals surface area contributed by atoms with Crippen molar-refractivity contribution in [1.82, 2.24) is 19.1 Å². The minimum Gasteiger partial charge on any atom is -0.479 e. The van der Waals surface area contributed by atoms with E-state index < -0.39 is 46.6 Å². The van der Waals surface area contributed by atoms with Crippen LogP contribution >= 0.6 is 23.5 Å². The van der Waals surface area contributed by atoms with Gasteiger partial charge in [0.2, 0.25) is 10.9 Å². The molecule has 14 nitrogen and oxygen atoms in total. The molecule has 0 spiro atoms. The van der Waals surface area contributed by atoms with E-state index in [4.69, 9.17) is 31.2 Å². The number of carboxylic acids is 2. The van der Waals surface area contributed by atoms with Crippen molar-refractivity contribution in [1.29, 1.82) is 0 Å². The van der Waals surface area contributed by atoms with Crippen molar-refractivity contribution in [3.05, 3.63) is 45.5 Å². The summed E-state index contributed by atoms with van der Waals surface area (Å²) in [4.78, 5) is 51.2. The first kappa shape index (κ1) is 23.6. The lowest BCUT2D eigenvalue weighted by molar-refractivity contribution is -0.148. The summed E-state index contributed by atoms with van der Waals surface area (Å²) in [6.07, 6.45) is 1.68. The zero-order valence-corrected chi connectivity index (χ0v) is 17.8. The summed E-state index contributed by atoms with van der Waals surface area (Å²) >= 11 is 2.25. The third-order valence-corrected chi connectivity index (χ3v) is 6.25. The van der Waals surface area contributed by atoms with Crippen LogP contribution in [0.1, 0.15) is 12.5 Å². The lowest BCUT2D eigenvalue weighted by Crippen LogP contribution is -2.29. The molecule has 16 heteroatoms. The number of hydrogen-bond donors (Lipinski definition) is 4. The summed E-state index contributed by atoms with van der Waals surface area (Å²) in [5.74, 6) is -1.07. The van der Waals surface area contributed by atoms with Crippen molar-refractivity contribution in [3.8, 4) is 0 Å². The predicted molar refractivity (Wildman–Crippen MR) is 114 cm³/mol. The molecule has 2 aromatic rings. The molecule has 4 atom stereocenters. The fourth-order valence-electron chi connectivity index (χ4n) is 2.62. The van der Waals surface area contributed by atoms with Crippen LogP contribution in [0.3, 0.4) is 0 Å². The van der Waals surface area contributed by atoms with Gasteiger partial charge in [0.05, 0.1) is 0 Å². The van der Waals surface area contributed by atoms with Crippen molar-refractivity contribution in [2.45, 2.75) is 23.3 Å². The van der Waals surface area contributed by atoms with E-state index in [1.54, 1.807) is 0 Å². The van der Waals surface area contributed by atoms with Gasteiger partial charge in [-0.1, -0.05) is 0 Å². The Morgan fingerprint density at radius 3 is 1.53 bits per heavy atom. The number of nitrogen functional groups attached to an aromatic ring is 2. The minimum absolute atomic E-state index is 0.127. The van der Waals surface area contributed by atoms with Crippen LogP contribution in [-0.2, 0) is 19.1 Å². The molecule has 2 fully saturated rings. The quantitative estimate of drug-likeness (QED) is 0.408. The summed E-state index contributed by atoms with van der Waals surface area (Å²) < 4.78 is 12.8. The van der Waals surface area contributed by atoms with E-state index in [2.05, 4.69) is 9.97 Å². The van der Waals surface area contributed by atoms with Crippen LogP contribution < -0.4 is 22.8 Å². The van der Waals surface area contributed by atoms with E-state index in [0.29, 0.717) is 11.5 Å². The van der Waals surface area contributed by atoms with Crippen LogP contribution in [0, 0.1) is 0 Å². The fourth-order valence-corrected chi connectivity index (χ4v) is 4.48. The Labute approximate surface area is 187 Å². The number of aromatic nitrogens is 4. The van der Waals surface area contributed by atoms with Crippen molar-refractivity contribution >= 4 is 47.1 Å². The van der Waals surface area contributed by atoms with Crippen LogP contribution in [0.4, 0.5) is 11.6 Å². The molecule has 0 amide bonds. The van der Waals surface area contributed by atoms with E-state index >= 15 is 0 Å². The number of hydrogen-bond acceptors (Lipinski definition) is 12. The van der Waals surface area contributed by atoms with Crippen LogP contribution in [0.25, 0.3) is 0 Å². The van der Waals surface area contributed by atoms with Gasteiger partial charge in [0, 0.05) is 23.9 Å². The zero-order chi connectivity index (χ0) is 23.4. The number of carboxylic acid groups (broad SMARTS) is 2. The third-order valence-electron chi connectivity index (χ3n) is 4.07. The van der Waals surface area contributed by atoms with E-state index in [9.17, 15) is 19.2 Å². The third kappa shape index (κ3) is 5.58. The summed E-state index contributed by atoms with van der Waals surface area (Å²) in [6, 6.07) is 2.92. The number of rotatable bonds is 4. The highest BCUT2D eigenvalue weighted by molar-refractivity contribution is 8.00. The first-order chi connectivity index (χ1) is 15.2. The van der Waals surface area contributed by atoms with Crippen LogP contribution in [0.2, 0.25) is 0 Å². The molecule has 172 valence electrons. The van der Waals surface area contributed by atoms with Gasteiger partial charge in [-0.05, 0) is 12.1 Å². The molecule has 4 unspecified atom stereocenters. The van der Waals surface area contributed by atoms with Gasteiger partial charge in [0.15, 0.2) is 0 Å². The molecule has 4 rings (SSSR count). The van der Waals surface area contributed by atoms with E-state index in [1.807, 2.05) is 0 Å². The van der Waals surface area contributed by atoms with Crippen molar-refractivity contribution < 1.29 is 29.3 Å². The first-order valence-corrected chi connectivity index (χ1v) is 10.9. The largest absolute Gasteiger partial charge is 0.479 e. The smallest absolute Gasteiger partial charge is 0.351 e. The second-order valence-electron chi connectivity index (χ2n) is 6.27. The number of nitrogens with two attached hydrogens (primary N) is 2. The van der Waals surface area contributed by atoms with Gasteiger partial charge in [-0.15, -0.1) is 23.5 Å². The highest BCUT2D eigenvalue weighted by Gasteiger charge is 2.33. The zero-order valence-electron chi connectivity index (χ0n) is 16.1. The number of nitrogens with zero attached hydrogens (tertiary/aromatic N) is 4. The fraction of sp³-hybridized carbons (Fsp3) is 0.375. The van der Waals surface area contributed by atoms with Crippen LogP contribution in [-0.4, -0.2) is 63.6 Å². The van der Waals surface area contributed by atoms with Gasteiger partial charge in [-0.2, -0.15) is 9.97 Å². The highest BCUT2D eigenvalue weighted by atomic mass is 32.2. The second-order valence-corrected chi connectivity index (χ2v) is 8.46. The molecule has 0 saturated carbocycles. The number of ether oxygens (including phenoxy) is 2. The lowest BCUT2D eigenvalue weighted by Gasteiger charge is -2.12. The maximum Gasteiger partial charge on any atom is 0.351 e. The number of anilines is 2. The molecule has 0 bridgehead atoms. The molecule has 0 aliphatic carbocycles. The topological polar surface area (TPSA) is 215 Å². The summed E-state index contributed by atoms with van der Waals surface area (Å²) in [6.45, 7) is 0. The average molecular weight is 486 g/mol. The van der Waals surface area contributed by atoms with Gasteiger partial charge in [-0.25, -0.2) is 19.2 Å². The monoisotopic (exact) mass is 486 g/mol. The minimum atomic E-state index is -1.05. The van der Waals surface area contributed by atoms with Crippen molar-refractivity contribution in [3.63, 3.8) is 0 Å². The maximum atomic E-state index is 11.4. The Balaban J connectivity index is 0.000000181. The Hall–Kier alpha value is -3.08. The summed E-state index contributed by atoms with van der Waals surface area (Å²) in [5.41, 5.74) is 7.71. The molecule has 0 radical (unpaired) electrons. The Morgan fingerprint density at radius 1 is 0.875 bits per heavy atom. The molecular weight excluding hydrogens is 468 g/mol. The SMILES string of the molecule is Nc1ccn(C2CSC(C(=O)O)O2)c(=O)n1.Nc1ccn(C2CSC(C(=O)O)O2)c(=O)n1. The molecule has 6 N–H and O–H groups in total. The molecule has 2 saturated heterocycles. The van der Waals surface area contributed by atoms with Crippen molar-refractivity contribution in [2.75, 3.05) is 23.0 Å². The molecule has 4 heterocycles. The summed E-state index contributed by atoms with van der Waals surface area (Å²) in [5, 5.41) is 17.4. The summed E-state index contributed by atoms with van der Waals surface area (Å²) in [7, 11) is 0. The molecule has 2 aliphatic rings. The Bertz CT molecular complexity index is 1040. The number of carbonyl (C=O) groups is 2. The van der Waals surface area contributed by atoms with Gasteiger partial charge in [0.25, 0.3) is 0 Å². The Morgan fingerprint density at radius 2 is 1.25 bits per heavy atom. The molecular formula is C16H18N6O8S2. The van der Waals surface area contributed by atoms with E-state index in [0.717, 1.165) is 23.5 Å². The second kappa shape index (κ2) is 10.0. The first-order valence-electron chi connectivity index (χ1n) is 8.84. The number of aliphatic carboxylic acids is 2. The van der Waals surface area contributed by atoms with E-state index in [-0.39, 0.29) is 11.6 Å². The standard InChI is InChI=1S/2C8H9N3O4S/c2*9-4-1-2-11(8(14)10-4)5-3-16-7(15-5)6(12)13/h2*1-2,5,7H,3H2,(H,12,13)(H2,9,10,14). The predicted octanol–water partition coefficient (Wildman–Crippen LogP) is -1.00. The molecule has 0 aromatic carbocycles. The van der Waals surface area contributed by atoms with Crippen LogP contribution in [0.15, 0.2) is 34.1 Å². The highest BCUT2D eigenvalue weighted by Crippen LogP contribution is 2.31. The van der Waals surface area contributed by atoms with E-state index in [1.165, 1.54) is 33.7 Å². The van der Waals surface area contributed by atoms with Gasteiger partial charge in [-0.3, -0.25) is 9.13 Å². The molecule has 2 aliphatic heterocycles. The van der Waals surface area contributed by atoms with Gasteiger partial charge >= 0.3 is 23.3 Å². The molecule has 32 heavy (non-hydrogen) atoms. The van der Waals surface area contributed by atoms with Gasteiger partial charge in [0.1, 0.15) is 24.1 Å². The Kier molecular flexibility index (Phi) is 7.39. The average Bonchev–Trinajstić information content (AvgIpc) is 3.38. The van der Waals surface area contributed by atoms with Crippen molar-refractivity contribution in [2.24, 2.45) is 0 Å². The normalized spacial score (nSPS) is 24.5. The van der Waals surface area contributed by atoms with Gasteiger partial charge < -0.3 is 31.2 Å². The lowest BCUT2D eigenvalue weighted by atomic mass is 10.5. The van der Waals surface area contributed by atoms with Crippen LogP contribution in [0.5, 0.6) is 0 Å². The maximum absolute atomic E-state index is 11.4. The molecule has 2 aromatic heterocycles.